The monoisotopic (exact) mass is 331 g/mol. The number of hydrogen-bond donors (Lipinski definition) is 1. The third-order valence-corrected chi connectivity index (χ3v) is 3.47. The summed E-state index contributed by atoms with van der Waals surface area (Å²) >= 11 is 3.44. The van der Waals surface area contributed by atoms with Gasteiger partial charge in [0.25, 0.3) is 0 Å². The van der Waals surface area contributed by atoms with Gasteiger partial charge in [-0.2, -0.15) is 0 Å². The molecule has 0 aliphatic heterocycles. The molecule has 0 unspecified atom stereocenters. The summed E-state index contributed by atoms with van der Waals surface area (Å²) in [6, 6.07) is 5.98. The Morgan fingerprint density at radius 2 is 2.25 bits per heavy atom. The van der Waals surface area contributed by atoms with Crippen molar-refractivity contribution in [3.05, 3.63) is 47.6 Å². The van der Waals surface area contributed by atoms with Crippen LogP contribution in [0.1, 0.15) is 6.42 Å². The Balaban J connectivity index is 1.58. The van der Waals surface area contributed by atoms with E-state index in [0.29, 0.717) is 5.95 Å². The molecule has 2 heterocycles. The second-order valence-corrected chi connectivity index (χ2v) is 5.39. The largest absolute Gasteiger partial charge is 0.354 e. The highest BCUT2D eigenvalue weighted by Gasteiger charge is 2.00. The lowest BCUT2D eigenvalue weighted by Gasteiger charge is -2.06. The molecule has 1 N–H and O–H groups in total. The van der Waals surface area contributed by atoms with Gasteiger partial charge in [0.1, 0.15) is 0 Å². The summed E-state index contributed by atoms with van der Waals surface area (Å²) in [6.07, 6.45) is 8.41. The van der Waals surface area contributed by atoms with E-state index in [1.54, 1.807) is 6.20 Å². The van der Waals surface area contributed by atoms with E-state index >= 15 is 0 Å². The molecule has 5 nitrogen and oxygen atoms in total. The Hall–Kier alpha value is -1.95. The Labute approximate surface area is 125 Å². The first kappa shape index (κ1) is 13.1. The first-order valence-corrected chi connectivity index (χ1v) is 7.22. The predicted octanol–water partition coefficient (Wildman–Crippen LogP) is 3.09. The molecule has 3 rings (SSSR count). The van der Waals surface area contributed by atoms with Gasteiger partial charge in [-0.15, -0.1) is 0 Å². The minimum absolute atomic E-state index is 0.672. The zero-order valence-corrected chi connectivity index (χ0v) is 12.4. The standard InChI is InChI=1S/C14H14BrN5/c15-12-2-3-13-11(8-12)9-18-14(19-13)17-4-1-6-20-7-5-16-10-20/h2-3,5,7-10H,1,4,6H2,(H,17,18,19). The van der Waals surface area contributed by atoms with Crippen LogP contribution in [0.2, 0.25) is 0 Å². The number of nitrogens with one attached hydrogen (secondary N) is 1. The van der Waals surface area contributed by atoms with Crippen LogP contribution < -0.4 is 5.32 Å². The third kappa shape index (κ3) is 3.14. The molecule has 0 bridgehead atoms. The molecular weight excluding hydrogens is 318 g/mol. The van der Waals surface area contributed by atoms with E-state index in [0.717, 1.165) is 34.9 Å². The van der Waals surface area contributed by atoms with Crippen molar-refractivity contribution in [3.63, 3.8) is 0 Å². The molecule has 102 valence electrons. The molecule has 2 aromatic heterocycles. The number of hydrogen-bond acceptors (Lipinski definition) is 4. The molecule has 0 radical (unpaired) electrons. The van der Waals surface area contributed by atoms with E-state index in [9.17, 15) is 0 Å². The number of nitrogens with zero attached hydrogens (tertiary/aromatic N) is 4. The molecule has 20 heavy (non-hydrogen) atoms. The predicted molar refractivity (Wildman–Crippen MR) is 82.6 cm³/mol. The molecular formula is C14H14BrN5. The number of anilines is 1. The van der Waals surface area contributed by atoms with E-state index in [4.69, 9.17) is 0 Å². The number of aryl methyl sites for hydroxylation is 1. The van der Waals surface area contributed by atoms with E-state index in [2.05, 4.69) is 40.8 Å². The lowest BCUT2D eigenvalue weighted by molar-refractivity contribution is 0.659. The smallest absolute Gasteiger partial charge is 0.223 e. The third-order valence-electron chi connectivity index (χ3n) is 2.98. The van der Waals surface area contributed by atoms with Gasteiger partial charge in [-0.1, -0.05) is 15.9 Å². The quantitative estimate of drug-likeness (QED) is 0.730. The number of fused-ring (bicyclic) bond motifs is 1. The van der Waals surface area contributed by atoms with Gasteiger partial charge in [0, 0.05) is 41.5 Å². The van der Waals surface area contributed by atoms with Crippen LogP contribution in [0.15, 0.2) is 47.6 Å². The molecule has 0 aliphatic carbocycles. The fourth-order valence-corrected chi connectivity index (χ4v) is 2.35. The van der Waals surface area contributed by atoms with E-state index in [1.165, 1.54) is 0 Å². The first-order chi connectivity index (χ1) is 9.81. The maximum atomic E-state index is 4.49. The van der Waals surface area contributed by atoms with Gasteiger partial charge in [0.2, 0.25) is 5.95 Å². The van der Waals surface area contributed by atoms with Gasteiger partial charge in [-0.25, -0.2) is 15.0 Å². The maximum absolute atomic E-state index is 4.49. The normalized spacial score (nSPS) is 10.8. The topological polar surface area (TPSA) is 55.6 Å². The lowest BCUT2D eigenvalue weighted by Crippen LogP contribution is -2.08. The Bertz CT molecular complexity index is 696. The van der Waals surface area contributed by atoms with Gasteiger partial charge < -0.3 is 9.88 Å². The van der Waals surface area contributed by atoms with Crippen molar-refractivity contribution in [2.75, 3.05) is 11.9 Å². The van der Waals surface area contributed by atoms with Crippen LogP contribution in [0.3, 0.4) is 0 Å². The summed E-state index contributed by atoms with van der Waals surface area (Å²) in [5.74, 6) is 0.672. The van der Waals surface area contributed by atoms with Crippen molar-refractivity contribution < 1.29 is 0 Å². The summed E-state index contributed by atoms with van der Waals surface area (Å²) < 4.78 is 3.09. The van der Waals surface area contributed by atoms with Gasteiger partial charge in [-0.3, -0.25) is 0 Å². The molecule has 0 atom stereocenters. The number of aromatic nitrogens is 4. The van der Waals surface area contributed by atoms with Crippen LogP contribution >= 0.6 is 15.9 Å². The van der Waals surface area contributed by atoms with Crippen LogP contribution in [0.25, 0.3) is 10.9 Å². The van der Waals surface area contributed by atoms with Crippen LogP contribution in [-0.2, 0) is 6.54 Å². The summed E-state index contributed by atoms with van der Waals surface area (Å²) in [6.45, 7) is 1.77. The molecule has 6 heteroatoms. The number of rotatable bonds is 5. The van der Waals surface area contributed by atoms with Crippen LogP contribution in [0.5, 0.6) is 0 Å². The summed E-state index contributed by atoms with van der Waals surface area (Å²) in [7, 11) is 0. The van der Waals surface area contributed by atoms with Gasteiger partial charge >= 0.3 is 0 Å². The second kappa shape index (κ2) is 6.00. The fourth-order valence-electron chi connectivity index (χ4n) is 1.97. The van der Waals surface area contributed by atoms with E-state index < -0.39 is 0 Å². The van der Waals surface area contributed by atoms with Crippen LogP contribution in [0, 0.1) is 0 Å². The van der Waals surface area contributed by atoms with E-state index in [-0.39, 0.29) is 0 Å². The molecule has 0 aliphatic rings. The molecule has 1 aromatic carbocycles. The average Bonchev–Trinajstić information content (AvgIpc) is 2.97. The van der Waals surface area contributed by atoms with Crippen molar-refractivity contribution in [2.45, 2.75) is 13.0 Å². The summed E-state index contributed by atoms with van der Waals surface area (Å²) in [5.41, 5.74) is 0.945. The maximum Gasteiger partial charge on any atom is 0.223 e. The fraction of sp³-hybridized carbons (Fsp3) is 0.214. The highest BCUT2D eigenvalue weighted by molar-refractivity contribution is 9.10. The molecule has 0 saturated carbocycles. The zero-order valence-electron chi connectivity index (χ0n) is 10.8. The second-order valence-electron chi connectivity index (χ2n) is 4.48. The Kier molecular flexibility index (Phi) is 3.92. The van der Waals surface area contributed by atoms with Crippen molar-refractivity contribution in [2.24, 2.45) is 0 Å². The van der Waals surface area contributed by atoms with Crippen LogP contribution in [0.4, 0.5) is 5.95 Å². The Morgan fingerprint density at radius 3 is 3.10 bits per heavy atom. The van der Waals surface area contributed by atoms with Crippen molar-refractivity contribution >= 4 is 32.8 Å². The van der Waals surface area contributed by atoms with Crippen LogP contribution in [-0.4, -0.2) is 26.1 Å². The lowest BCUT2D eigenvalue weighted by atomic mass is 10.2. The van der Waals surface area contributed by atoms with Crippen molar-refractivity contribution in [3.8, 4) is 0 Å². The average molecular weight is 332 g/mol. The van der Waals surface area contributed by atoms with E-state index in [1.807, 2.05) is 36.9 Å². The molecule has 0 fully saturated rings. The highest BCUT2D eigenvalue weighted by atomic mass is 79.9. The summed E-state index contributed by atoms with van der Waals surface area (Å²) in [5, 5.41) is 4.28. The molecule has 0 saturated heterocycles. The number of imidazole rings is 1. The SMILES string of the molecule is Brc1ccc2nc(NCCCn3ccnc3)ncc2c1. The first-order valence-electron chi connectivity index (χ1n) is 6.43. The van der Waals surface area contributed by atoms with Crippen molar-refractivity contribution in [1.29, 1.82) is 0 Å². The van der Waals surface area contributed by atoms with Gasteiger partial charge in [0.15, 0.2) is 0 Å². The van der Waals surface area contributed by atoms with Gasteiger partial charge in [0.05, 0.1) is 11.8 Å². The zero-order chi connectivity index (χ0) is 13.8. The minimum atomic E-state index is 0.672. The highest BCUT2D eigenvalue weighted by Crippen LogP contribution is 2.18. The molecule has 3 aromatic rings. The Morgan fingerprint density at radius 1 is 1.30 bits per heavy atom. The molecule has 0 spiro atoms. The molecule has 0 amide bonds. The number of benzene rings is 1. The van der Waals surface area contributed by atoms with Gasteiger partial charge in [-0.05, 0) is 24.6 Å². The summed E-state index contributed by atoms with van der Waals surface area (Å²) in [4.78, 5) is 12.8. The van der Waals surface area contributed by atoms with Crippen molar-refractivity contribution in [1.82, 2.24) is 19.5 Å². The number of halogens is 1. The minimum Gasteiger partial charge on any atom is -0.354 e.